The number of aryl methyl sites for hydroxylation is 2. The molecule has 2 rings (SSSR count). The first kappa shape index (κ1) is 13.7. The lowest BCUT2D eigenvalue weighted by atomic mass is 10.2. The SMILES string of the molecule is CCc1cc(OCn2nc(C)c(N)c2C)ccc1Cl. The molecule has 0 saturated heterocycles. The molecule has 1 heterocycles. The molecule has 0 fully saturated rings. The van der Waals surface area contributed by atoms with Crippen LogP contribution < -0.4 is 10.5 Å². The molecule has 5 heteroatoms. The van der Waals surface area contributed by atoms with Gasteiger partial charge in [0.25, 0.3) is 0 Å². The number of benzene rings is 1. The zero-order chi connectivity index (χ0) is 14.0. The number of nitrogen functional groups attached to an aromatic ring is 1. The molecule has 1 aromatic heterocycles. The van der Waals surface area contributed by atoms with Gasteiger partial charge in [-0.05, 0) is 44.0 Å². The summed E-state index contributed by atoms with van der Waals surface area (Å²) < 4.78 is 7.48. The summed E-state index contributed by atoms with van der Waals surface area (Å²) in [4.78, 5) is 0. The second-order valence-electron chi connectivity index (χ2n) is 4.46. The van der Waals surface area contributed by atoms with E-state index < -0.39 is 0 Å². The summed E-state index contributed by atoms with van der Waals surface area (Å²) in [5.41, 5.74) is 9.42. The van der Waals surface area contributed by atoms with E-state index in [2.05, 4.69) is 12.0 Å². The van der Waals surface area contributed by atoms with Crippen LogP contribution in [0.5, 0.6) is 5.75 Å². The van der Waals surface area contributed by atoms with Crippen molar-refractivity contribution in [3.05, 3.63) is 40.2 Å². The highest BCUT2D eigenvalue weighted by Crippen LogP contribution is 2.23. The molecule has 2 aromatic rings. The zero-order valence-electron chi connectivity index (χ0n) is 11.4. The summed E-state index contributed by atoms with van der Waals surface area (Å²) in [6.07, 6.45) is 0.878. The Bertz CT molecular complexity index is 593. The van der Waals surface area contributed by atoms with Gasteiger partial charge in [-0.15, -0.1) is 0 Å². The molecular formula is C14H18ClN3O. The topological polar surface area (TPSA) is 53.1 Å². The van der Waals surface area contributed by atoms with Gasteiger partial charge in [0, 0.05) is 5.02 Å². The van der Waals surface area contributed by atoms with Crippen LogP contribution in [0.25, 0.3) is 0 Å². The summed E-state index contributed by atoms with van der Waals surface area (Å²) >= 11 is 6.07. The fraction of sp³-hybridized carbons (Fsp3) is 0.357. The number of halogens is 1. The van der Waals surface area contributed by atoms with Gasteiger partial charge in [0.2, 0.25) is 0 Å². The van der Waals surface area contributed by atoms with Crippen molar-refractivity contribution in [2.45, 2.75) is 33.9 Å². The van der Waals surface area contributed by atoms with Crippen LogP contribution in [0, 0.1) is 13.8 Å². The maximum atomic E-state index is 6.07. The second-order valence-corrected chi connectivity index (χ2v) is 4.87. The van der Waals surface area contributed by atoms with Crippen molar-refractivity contribution < 1.29 is 4.74 Å². The van der Waals surface area contributed by atoms with E-state index >= 15 is 0 Å². The molecule has 102 valence electrons. The molecule has 0 atom stereocenters. The minimum atomic E-state index is 0.342. The van der Waals surface area contributed by atoms with Crippen molar-refractivity contribution in [1.29, 1.82) is 0 Å². The standard InChI is InChI=1S/C14H18ClN3O/c1-4-11-7-12(5-6-13(11)15)19-8-18-10(3)14(16)9(2)17-18/h5-7H,4,8,16H2,1-3H3. The third-order valence-electron chi connectivity index (χ3n) is 3.19. The van der Waals surface area contributed by atoms with Gasteiger partial charge in [0.15, 0.2) is 6.73 Å². The van der Waals surface area contributed by atoms with Crippen LogP contribution in [0.3, 0.4) is 0 Å². The molecule has 0 bridgehead atoms. The van der Waals surface area contributed by atoms with E-state index in [0.29, 0.717) is 12.4 Å². The van der Waals surface area contributed by atoms with E-state index in [4.69, 9.17) is 22.1 Å². The fourth-order valence-corrected chi connectivity index (χ4v) is 2.14. The smallest absolute Gasteiger partial charge is 0.181 e. The molecule has 0 unspecified atom stereocenters. The summed E-state index contributed by atoms with van der Waals surface area (Å²) in [6, 6.07) is 5.67. The maximum Gasteiger partial charge on any atom is 0.181 e. The van der Waals surface area contributed by atoms with E-state index in [-0.39, 0.29) is 0 Å². The van der Waals surface area contributed by atoms with Gasteiger partial charge in [-0.25, -0.2) is 4.68 Å². The summed E-state index contributed by atoms with van der Waals surface area (Å²) in [5, 5.41) is 5.09. The summed E-state index contributed by atoms with van der Waals surface area (Å²) in [7, 11) is 0. The van der Waals surface area contributed by atoms with Crippen molar-refractivity contribution in [1.82, 2.24) is 9.78 Å². The molecule has 19 heavy (non-hydrogen) atoms. The maximum absolute atomic E-state index is 6.07. The Morgan fingerprint density at radius 1 is 1.37 bits per heavy atom. The van der Waals surface area contributed by atoms with Crippen molar-refractivity contribution in [3.63, 3.8) is 0 Å². The second kappa shape index (κ2) is 5.53. The summed E-state index contributed by atoms with van der Waals surface area (Å²) in [5.74, 6) is 0.785. The van der Waals surface area contributed by atoms with Crippen LogP contribution in [0.4, 0.5) is 5.69 Å². The first-order valence-electron chi connectivity index (χ1n) is 6.23. The van der Waals surface area contributed by atoms with Gasteiger partial charge in [0.1, 0.15) is 5.75 Å². The number of anilines is 1. The molecular weight excluding hydrogens is 262 g/mol. The monoisotopic (exact) mass is 279 g/mol. The lowest BCUT2D eigenvalue weighted by Gasteiger charge is -2.10. The molecule has 1 aromatic carbocycles. The van der Waals surface area contributed by atoms with Gasteiger partial charge >= 0.3 is 0 Å². The molecule has 0 radical (unpaired) electrons. The normalized spacial score (nSPS) is 10.7. The minimum absolute atomic E-state index is 0.342. The molecule has 4 nitrogen and oxygen atoms in total. The van der Waals surface area contributed by atoms with Crippen LogP contribution >= 0.6 is 11.6 Å². The minimum Gasteiger partial charge on any atom is -0.471 e. The Hall–Kier alpha value is -1.68. The Morgan fingerprint density at radius 2 is 2.11 bits per heavy atom. The third-order valence-corrected chi connectivity index (χ3v) is 3.56. The van der Waals surface area contributed by atoms with Crippen molar-refractivity contribution >= 4 is 17.3 Å². The van der Waals surface area contributed by atoms with Crippen LogP contribution in [0.1, 0.15) is 23.9 Å². The van der Waals surface area contributed by atoms with Gasteiger partial charge in [-0.2, -0.15) is 5.10 Å². The molecule has 0 aliphatic carbocycles. The molecule has 0 aliphatic rings. The first-order chi connectivity index (χ1) is 9.02. The van der Waals surface area contributed by atoms with Gasteiger partial charge in [-0.1, -0.05) is 18.5 Å². The highest BCUT2D eigenvalue weighted by Gasteiger charge is 2.08. The lowest BCUT2D eigenvalue weighted by molar-refractivity contribution is 0.218. The molecule has 0 aliphatic heterocycles. The average molecular weight is 280 g/mol. The highest BCUT2D eigenvalue weighted by atomic mass is 35.5. The van der Waals surface area contributed by atoms with Gasteiger partial charge in [-0.3, -0.25) is 0 Å². The van der Waals surface area contributed by atoms with Gasteiger partial charge in [0.05, 0.1) is 17.1 Å². The highest BCUT2D eigenvalue weighted by molar-refractivity contribution is 6.31. The molecule has 2 N–H and O–H groups in total. The molecule has 0 saturated carbocycles. The van der Waals surface area contributed by atoms with E-state index in [1.54, 1.807) is 4.68 Å². The zero-order valence-corrected chi connectivity index (χ0v) is 12.2. The number of aromatic nitrogens is 2. The van der Waals surface area contributed by atoms with Crippen molar-refractivity contribution in [3.8, 4) is 5.75 Å². The number of hydrogen-bond acceptors (Lipinski definition) is 3. The Morgan fingerprint density at radius 3 is 2.68 bits per heavy atom. The van der Waals surface area contributed by atoms with Crippen LogP contribution in [0.15, 0.2) is 18.2 Å². The Labute approximate surface area is 118 Å². The Balaban J connectivity index is 2.12. The predicted molar refractivity (Wildman–Crippen MR) is 77.6 cm³/mol. The number of nitrogens with two attached hydrogens (primary N) is 1. The van der Waals surface area contributed by atoms with E-state index in [9.17, 15) is 0 Å². The average Bonchev–Trinajstić information content (AvgIpc) is 2.65. The molecule has 0 spiro atoms. The van der Waals surface area contributed by atoms with Crippen molar-refractivity contribution in [2.75, 3.05) is 5.73 Å². The third kappa shape index (κ3) is 2.84. The van der Waals surface area contributed by atoms with Crippen LogP contribution in [-0.4, -0.2) is 9.78 Å². The Kier molecular flexibility index (Phi) is 4.00. The predicted octanol–water partition coefficient (Wildman–Crippen LogP) is 3.33. The number of hydrogen-bond donors (Lipinski definition) is 1. The molecule has 0 amide bonds. The van der Waals surface area contributed by atoms with E-state index in [1.807, 2.05) is 32.0 Å². The van der Waals surface area contributed by atoms with E-state index in [0.717, 1.165) is 34.1 Å². The number of nitrogens with zero attached hydrogens (tertiary/aromatic N) is 2. The number of rotatable bonds is 4. The largest absolute Gasteiger partial charge is 0.471 e. The van der Waals surface area contributed by atoms with Crippen molar-refractivity contribution in [2.24, 2.45) is 0 Å². The first-order valence-corrected chi connectivity index (χ1v) is 6.61. The summed E-state index contributed by atoms with van der Waals surface area (Å²) in [6.45, 7) is 6.22. The fourth-order valence-electron chi connectivity index (χ4n) is 1.88. The quantitative estimate of drug-likeness (QED) is 0.934. The van der Waals surface area contributed by atoms with Gasteiger partial charge < -0.3 is 10.5 Å². The van der Waals surface area contributed by atoms with Crippen LogP contribution in [-0.2, 0) is 13.2 Å². The van der Waals surface area contributed by atoms with E-state index in [1.165, 1.54) is 0 Å². The number of ether oxygens (including phenoxy) is 1. The lowest BCUT2D eigenvalue weighted by Crippen LogP contribution is -2.09. The van der Waals surface area contributed by atoms with Crippen LogP contribution in [0.2, 0.25) is 5.02 Å².